The van der Waals surface area contributed by atoms with Crippen molar-refractivity contribution in [2.24, 2.45) is 7.05 Å². The maximum Gasteiger partial charge on any atom is 0.338 e. The Morgan fingerprint density at radius 1 is 0.977 bits per heavy atom. The van der Waals surface area contributed by atoms with Gasteiger partial charge < -0.3 is 14.8 Å². The Balaban J connectivity index is 1.30. The number of urea groups is 1. The van der Waals surface area contributed by atoms with Crippen LogP contribution in [0, 0.1) is 5.82 Å². The zero-order valence-corrected chi connectivity index (χ0v) is 25.0. The summed E-state index contributed by atoms with van der Waals surface area (Å²) in [6.45, 7) is 8.00. The van der Waals surface area contributed by atoms with Gasteiger partial charge in [-0.25, -0.2) is 18.7 Å². The Morgan fingerprint density at radius 2 is 1.73 bits per heavy atom. The number of halogens is 1. The number of hydrogen-bond acceptors (Lipinski definition) is 7. The maximum atomic E-state index is 15.1. The zero-order chi connectivity index (χ0) is 31.4. The molecule has 0 spiro atoms. The fraction of sp³-hybridized carbons (Fsp3) is 0.219. The van der Waals surface area contributed by atoms with Gasteiger partial charge in [-0.1, -0.05) is 20.8 Å². The van der Waals surface area contributed by atoms with Crippen LogP contribution in [0.3, 0.4) is 0 Å². The van der Waals surface area contributed by atoms with E-state index in [1.165, 1.54) is 12.1 Å². The molecule has 2 aromatic carbocycles. The second-order valence-electron chi connectivity index (χ2n) is 10.9. The average molecular weight is 598 g/mol. The summed E-state index contributed by atoms with van der Waals surface area (Å²) in [5, 5.41) is 14.1. The van der Waals surface area contributed by atoms with Crippen molar-refractivity contribution in [3.05, 3.63) is 96.3 Å². The molecular weight excluding hydrogens is 565 g/mol. The highest BCUT2D eigenvalue weighted by Gasteiger charge is 2.22. The van der Waals surface area contributed by atoms with Crippen LogP contribution in [-0.4, -0.2) is 43.2 Å². The van der Waals surface area contributed by atoms with Crippen LogP contribution in [0.15, 0.2) is 79.3 Å². The monoisotopic (exact) mass is 597 g/mol. The van der Waals surface area contributed by atoms with Gasteiger partial charge in [-0.3, -0.25) is 15.0 Å². The third kappa shape index (κ3) is 6.92. The van der Waals surface area contributed by atoms with Crippen molar-refractivity contribution >= 4 is 23.5 Å². The number of anilines is 2. The highest BCUT2D eigenvalue weighted by atomic mass is 19.1. The van der Waals surface area contributed by atoms with E-state index in [-0.39, 0.29) is 23.5 Å². The molecule has 0 aliphatic heterocycles. The standard InChI is InChI=1S/C32H32FN7O4/c1-6-43-30(41)20-7-9-22(10-8-20)40-29(17-28(38-40)32(2,3)4)37-31(42)36-26-12-11-23(15-25(26)33)44-24-13-14-34-27(16-24)21-18-35-39(5)19-21/h7-19H,6H2,1-5H3,(H2,36,37,42). The van der Waals surface area contributed by atoms with Gasteiger partial charge in [0, 0.05) is 48.6 Å². The van der Waals surface area contributed by atoms with Crippen molar-refractivity contribution in [2.75, 3.05) is 17.2 Å². The molecule has 3 heterocycles. The lowest BCUT2D eigenvalue weighted by Crippen LogP contribution is -2.22. The SMILES string of the molecule is CCOC(=O)c1ccc(-n2nc(C(C)(C)C)cc2NC(=O)Nc2ccc(Oc3ccnc(-c4cnn(C)c4)c3)cc2F)cc1. The van der Waals surface area contributed by atoms with Gasteiger partial charge in [0.2, 0.25) is 0 Å². The average Bonchev–Trinajstić information content (AvgIpc) is 3.61. The number of benzene rings is 2. The van der Waals surface area contributed by atoms with Crippen LogP contribution in [0.25, 0.3) is 16.9 Å². The van der Waals surface area contributed by atoms with Crippen molar-refractivity contribution in [1.29, 1.82) is 0 Å². The summed E-state index contributed by atoms with van der Waals surface area (Å²) in [6.07, 6.45) is 5.12. The van der Waals surface area contributed by atoms with Gasteiger partial charge >= 0.3 is 12.0 Å². The summed E-state index contributed by atoms with van der Waals surface area (Å²) >= 11 is 0. The summed E-state index contributed by atoms with van der Waals surface area (Å²) in [5.41, 5.74) is 2.85. The molecule has 5 rings (SSSR count). The van der Waals surface area contributed by atoms with E-state index >= 15 is 4.39 Å². The topological polar surface area (TPSA) is 125 Å². The fourth-order valence-electron chi connectivity index (χ4n) is 4.24. The van der Waals surface area contributed by atoms with Gasteiger partial charge in [-0.15, -0.1) is 0 Å². The van der Waals surface area contributed by atoms with Crippen molar-refractivity contribution in [3.63, 3.8) is 0 Å². The number of ether oxygens (including phenoxy) is 2. The van der Waals surface area contributed by atoms with Gasteiger partial charge in [-0.05, 0) is 49.4 Å². The first-order valence-corrected chi connectivity index (χ1v) is 13.9. The van der Waals surface area contributed by atoms with E-state index in [0.717, 1.165) is 11.3 Å². The molecule has 44 heavy (non-hydrogen) atoms. The van der Waals surface area contributed by atoms with Gasteiger partial charge in [0.25, 0.3) is 0 Å². The number of rotatable bonds is 8. The number of nitrogens with zero attached hydrogens (tertiary/aromatic N) is 5. The normalized spacial score (nSPS) is 11.2. The van der Waals surface area contributed by atoms with Gasteiger partial charge in [-0.2, -0.15) is 10.2 Å². The molecule has 2 N–H and O–H groups in total. The summed E-state index contributed by atoms with van der Waals surface area (Å²) in [5.74, 6) is -0.0383. The molecule has 11 nitrogen and oxygen atoms in total. The van der Waals surface area contributed by atoms with Crippen LogP contribution in [0.4, 0.5) is 20.7 Å². The zero-order valence-electron chi connectivity index (χ0n) is 25.0. The van der Waals surface area contributed by atoms with E-state index in [9.17, 15) is 9.59 Å². The molecule has 0 aliphatic rings. The van der Waals surface area contributed by atoms with Crippen LogP contribution >= 0.6 is 0 Å². The van der Waals surface area contributed by atoms with Crippen molar-refractivity contribution in [1.82, 2.24) is 24.5 Å². The van der Waals surface area contributed by atoms with Crippen molar-refractivity contribution in [2.45, 2.75) is 33.1 Å². The largest absolute Gasteiger partial charge is 0.462 e. The summed E-state index contributed by atoms with van der Waals surface area (Å²) < 4.78 is 29.2. The number of nitrogens with one attached hydrogen (secondary N) is 2. The summed E-state index contributed by atoms with van der Waals surface area (Å²) in [6, 6.07) is 15.3. The molecule has 5 aromatic rings. The molecule has 0 unspecified atom stereocenters. The van der Waals surface area contributed by atoms with Crippen LogP contribution in [-0.2, 0) is 17.2 Å². The molecule has 0 aliphatic carbocycles. The van der Waals surface area contributed by atoms with E-state index in [0.29, 0.717) is 28.5 Å². The summed E-state index contributed by atoms with van der Waals surface area (Å²) in [4.78, 5) is 29.4. The molecule has 2 amide bonds. The first kappa shape index (κ1) is 30.0. The van der Waals surface area contributed by atoms with Crippen LogP contribution in [0.2, 0.25) is 0 Å². The predicted molar refractivity (Wildman–Crippen MR) is 164 cm³/mol. The Hall–Kier alpha value is -5.52. The number of esters is 1. The molecule has 12 heteroatoms. The number of aryl methyl sites for hydroxylation is 1. The molecule has 226 valence electrons. The molecule has 0 atom stereocenters. The van der Waals surface area contributed by atoms with Gasteiger partial charge in [0.1, 0.15) is 23.1 Å². The molecule has 0 bridgehead atoms. The van der Waals surface area contributed by atoms with E-state index in [1.807, 2.05) is 34.0 Å². The molecule has 0 radical (unpaired) electrons. The highest BCUT2D eigenvalue weighted by Crippen LogP contribution is 2.29. The Kier molecular flexibility index (Phi) is 8.43. The van der Waals surface area contributed by atoms with E-state index < -0.39 is 17.8 Å². The molecular formula is C32H32FN7O4. The van der Waals surface area contributed by atoms with E-state index in [4.69, 9.17) is 9.47 Å². The quantitative estimate of drug-likeness (QED) is 0.190. The Morgan fingerprint density at radius 3 is 2.39 bits per heavy atom. The third-order valence-electron chi connectivity index (χ3n) is 6.50. The minimum Gasteiger partial charge on any atom is -0.462 e. The summed E-state index contributed by atoms with van der Waals surface area (Å²) in [7, 11) is 1.81. The van der Waals surface area contributed by atoms with Crippen LogP contribution < -0.4 is 15.4 Å². The Labute approximate surface area is 253 Å². The number of amides is 2. The first-order chi connectivity index (χ1) is 21.0. The van der Waals surface area contributed by atoms with E-state index in [2.05, 4.69) is 25.8 Å². The second-order valence-corrected chi connectivity index (χ2v) is 10.9. The van der Waals surface area contributed by atoms with Crippen molar-refractivity contribution < 1.29 is 23.5 Å². The molecule has 0 saturated heterocycles. The van der Waals surface area contributed by atoms with Gasteiger partial charge in [0.15, 0.2) is 0 Å². The van der Waals surface area contributed by atoms with E-state index in [1.54, 1.807) is 77.2 Å². The third-order valence-corrected chi connectivity index (χ3v) is 6.50. The molecule has 3 aromatic heterocycles. The smallest absolute Gasteiger partial charge is 0.338 e. The van der Waals surface area contributed by atoms with Crippen LogP contribution in [0.5, 0.6) is 11.5 Å². The number of hydrogen-bond donors (Lipinski definition) is 2. The maximum absolute atomic E-state index is 15.1. The minimum atomic E-state index is -0.683. The fourth-order valence-corrected chi connectivity index (χ4v) is 4.24. The van der Waals surface area contributed by atoms with Crippen LogP contribution in [0.1, 0.15) is 43.7 Å². The number of carbonyl (C=O) groups excluding carboxylic acids is 2. The number of aromatic nitrogens is 5. The predicted octanol–water partition coefficient (Wildman–Crippen LogP) is 6.72. The van der Waals surface area contributed by atoms with Gasteiger partial charge in [0.05, 0.1) is 41.1 Å². The minimum absolute atomic E-state index is 0.0403. The van der Waals surface area contributed by atoms with Crippen molar-refractivity contribution in [3.8, 4) is 28.4 Å². The molecule has 0 fully saturated rings. The first-order valence-electron chi connectivity index (χ1n) is 13.9. The second kappa shape index (κ2) is 12.4. The number of pyridine rings is 1. The highest BCUT2D eigenvalue weighted by molar-refractivity contribution is 5.99. The number of carbonyl (C=O) groups is 2. The lowest BCUT2D eigenvalue weighted by Gasteiger charge is -2.14. The molecule has 0 saturated carbocycles. The lowest BCUT2D eigenvalue weighted by atomic mass is 9.92. The Bertz CT molecular complexity index is 1810. The lowest BCUT2D eigenvalue weighted by molar-refractivity contribution is 0.0526.